The fraction of sp³-hybridized carbons (Fsp3) is 0.714. The predicted molar refractivity (Wildman–Crippen MR) is 42.8 cm³/mol. The van der Waals surface area contributed by atoms with Crippen LogP contribution in [0.25, 0.3) is 0 Å². The minimum atomic E-state index is 0.278. The molecule has 0 aromatic heterocycles. The van der Waals surface area contributed by atoms with E-state index in [1.54, 1.807) is 0 Å². The molecule has 0 amide bonds. The number of rotatable bonds is 1. The van der Waals surface area contributed by atoms with Crippen molar-refractivity contribution in [1.82, 2.24) is 0 Å². The van der Waals surface area contributed by atoms with Crippen molar-refractivity contribution >= 4 is 7.28 Å². The van der Waals surface area contributed by atoms with Crippen molar-refractivity contribution < 1.29 is 0 Å². The van der Waals surface area contributed by atoms with Crippen LogP contribution in [0.1, 0.15) is 13.3 Å². The molecule has 2 heteroatoms. The van der Waals surface area contributed by atoms with Crippen molar-refractivity contribution in [3.63, 3.8) is 0 Å². The zero-order valence-electron chi connectivity index (χ0n) is 6.11. The van der Waals surface area contributed by atoms with Gasteiger partial charge < -0.3 is 5.73 Å². The summed E-state index contributed by atoms with van der Waals surface area (Å²) in [4.78, 5) is 0. The summed E-state index contributed by atoms with van der Waals surface area (Å²) in [5, 5.41) is 0. The molecule has 0 saturated carbocycles. The zero-order valence-corrected chi connectivity index (χ0v) is 6.11. The quantitative estimate of drug-likeness (QED) is 0.520. The first-order valence-corrected chi connectivity index (χ1v) is 3.60. The summed E-state index contributed by atoms with van der Waals surface area (Å²) >= 11 is 0. The predicted octanol–water partition coefficient (Wildman–Crippen LogP) is 1.14. The Labute approximate surface area is 57.6 Å². The van der Waals surface area contributed by atoms with Crippen molar-refractivity contribution in [2.75, 3.05) is 0 Å². The van der Waals surface area contributed by atoms with Gasteiger partial charge in [-0.15, -0.1) is 0 Å². The largest absolute Gasteiger partial charge is 0.402 e. The normalized spacial score (nSPS) is 33.9. The Hall–Kier alpha value is -0.395. The molecule has 1 heterocycles. The van der Waals surface area contributed by atoms with Crippen molar-refractivity contribution in [2.45, 2.75) is 26.0 Å². The molecule has 50 valence electrons. The van der Waals surface area contributed by atoms with Gasteiger partial charge in [0.1, 0.15) is 7.28 Å². The summed E-state index contributed by atoms with van der Waals surface area (Å²) in [5.41, 5.74) is 6.79. The molecule has 1 aliphatic rings. The van der Waals surface area contributed by atoms with Crippen molar-refractivity contribution in [3.8, 4) is 0 Å². The van der Waals surface area contributed by atoms with Gasteiger partial charge in [-0.2, -0.15) is 0 Å². The number of allylic oxidation sites excluding steroid dienone is 1. The van der Waals surface area contributed by atoms with Gasteiger partial charge in [0.25, 0.3) is 0 Å². The van der Waals surface area contributed by atoms with Gasteiger partial charge in [0, 0.05) is 5.70 Å². The molecule has 0 aromatic rings. The van der Waals surface area contributed by atoms with Gasteiger partial charge in [0.2, 0.25) is 0 Å². The number of nitrogens with two attached hydrogens (primary N) is 1. The minimum absolute atomic E-state index is 0.278. The summed E-state index contributed by atoms with van der Waals surface area (Å²) in [7, 11) is 1.33. The maximum absolute atomic E-state index is 5.64. The van der Waals surface area contributed by atoms with Gasteiger partial charge in [0.05, 0.1) is 0 Å². The Morgan fingerprint density at radius 1 is 1.78 bits per heavy atom. The van der Waals surface area contributed by atoms with Crippen LogP contribution in [-0.2, 0) is 0 Å². The van der Waals surface area contributed by atoms with Crippen LogP contribution in [0.5, 0.6) is 0 Å². The Balaban J connectivity index is 2.61. The van der Waals surface area contributed by atoms with Crippen LogP contribution in [0.3, 0.4) is 0 Å². The number of hydrogen-bond acceptors (Lipinski definition) is 1. The highest BCUT2D eigenvalue weighted by Crippen LogP contribution is 2.38. The molecular formula is C7H14BN. The Bertz CT molecular complexity index is 125. The monoisotopic (exact) mass is 123 g/mol. The van der Waals surface area contributed by atoms with Gasteiger partial charge in [-0.25, -0.2) is 0 Å². The first-order chi connectivity index (χ1) is 4.15. The van der Waals surface area contributed by atoms with E-state index in [0.717, 1.165) is 5.70 Å². The molecule has 0 aromatic carbocycles. The average Bonchev–Trinajstić information content (AvgIpc) is 2.16. The van der Waals surface area contributed by atoms with Gasteiger partial charge in [0.15, 0.2) is 0 Å². The summed E-state index contributed by atoms with van der Waals surface area (Å²) in [6.07, 6.45) is 3.80. The highest BCUT2D eigenvalue weighted by molar-refractivity contribution is 6.37. The summed E-state index contributed by atoms with van der Waals surface area (Å²) in [6.45, 7) is 6.00. The Kier molecular flexibility index (Phi) is 1.56. The van der Waals surface area contributed by atoms with Gasteiger partial charge in [-0.1, -0.05) is 26.1 Å². The third kappa shape index (κ3) is 1.12. The third-order valence-corrected chi connectivity index (χ3v) is 2.48. The van der Waals surface area contributed by atoms with Crippen LogP contribution in [0.4, 0.5) is 0 Å². The smallest absolute Gasteiger partial charge is 0.121 e. The molecule has 9 heavy (non-hydrogen) atoms. The molecule has 1 rings (SSSR count). The van der Waals surface area contributed by atoms with E-state index in [0.29, 0.717) is 0 Å². The SMILES string of the molecule is C=C(N)C1(C)CBCC1. The van der Waals surface area contributed by atoms with E-state index in [2.05, 4.69) is 13.5 Å². The molecule has 1 nitrogen and oxygen atoms in total. The summed E-state index contributed by atoms with van der Waals surface area (Å²) in [5.74, 6) is 0. The van der Waals surface area contributed by atoms with Crippen molar-refractivity contribution in [1.29, 1.82) is 0 Å². The Morgan fingerprint density at radius 3 is 2.67 bits per heavy atom. The van der Waals surface area contributed by atoms with Crippen molar-refractivity contribution in [2.24, 2.45) is 11.1 Å². The van der Waals surface area contributed by atoms with Crippen molar-refractivity contribution in [3.05, 3.63) is 12.3 Å². The molecule has 2 N–H and O–H groups in total. The number of hydrogen-bond donors (Lipinski definition) is 1. The molecule has 1 unspecified atom stereocenters. The molecule has 0 spiro atoms. The highest BCUT2D eigenvalue weighted by Gasteiger charge is 2.30. The van der Waals surface area contributed by atoms with E-state index in [1.165, 1.54) is 26.3 Å². The summed E-state index contributed by atoms with van der Waals surface area (Å²) in [6, 6.07) is 0. The average molecular weight is 123 g/mol. The molecular weight excluding hydrogens is 109 g/mol. The maximum Gasteiger partial charge on any atom is 0.121 e. The fourth-order valence-electron chi connectivity index (χ4n) is 1.48. The van der Waals surface area contributed by atoms with Gasteiger partial charge >= 0.3 is 0 Å². The van der Waals surface area contributed by atoms with E-state index in [4.69, 9.17) is 5.73 Å². The summed E-state index contributed by atoms with van der Waals surface area (Å²) < 4.78 is 0. The lowest BCUT2D eigenvalue weighted by atomic mass is 9.72. The fourth-order valence-corrected chi connectivity index (χ4v) is 1.48. The second-order valence-corrected chi connectivity index (χ2v) is 3.29. The van der Waals surface area contributed by atoms with Crippen LogP contribution in [0.15, 0.2) is 12.3 Å². The van der Waals surface area contributed by atoms with E-state index < -0.39 is 0 Å². The molecule has 0 bridgehead atoms. The van der Waals surface area contributed by atoms with Crippen LogP contribution >= 0.6 is 0 Å². The molecule has 0 aliphatic carbocycles. The minimum Gasteiger partial charge on any atom is -0.402 e. The lowest BCUT2D eigenvalue weighted by Crippen LogP contribution is -2.19. The van der Waals surface area contributed by atoms with E-state index in [1.807, 2.05) is 0 Å². The topological polar surface area (TPSA) is 26.0 Å². The van der Waals surface area contributed by atoms with Gasteiger partial charge in [-0.3, -0.25) is 0 Å². The molecule has 1 saturated heterocycles. The second-order valence-electron chi connectivity index (χ2n) is 3.29. The first-order valence-electron chi connectivity index (χ1n) is 3.60. The lowest BCUT2D eigenvalue weighted by Gasteiger charge is -2.23. The molecule has 1 aliphatic heterocycles. The highest BCUT2D eigenvalue weighted by atomic mass is 14.6. The second kappa shape index (κ2) is 2.09. The van der Waals surface area contributed by atoms with Crippen LogP contribution < -0.4 is 5.73 Å². The van der Waals surface area contributed by atoms with Crippen LogP contribution in [0, 0.1) is 5.41 Å². The van der Waals surface area contributed by atoms with Crippen LogP contribution in [-0.4, -0.2) is 7.28 Å². The standard InChI is InChI=1S/C7H14BN/c1-6(9)7(2)3-4-8-5-7/h8H,1,3-5,9H2,2H3. The molecule has 0 radical (unpaired) electrons. The lowest BCUT2D eigenvalue weighted by molar-refractivity contribution is 0.449. The third-order valence-electron chi connectivity index (χ3n) is 2.48. The Morgan fingerprint density at radius 2 is 2.44 bits per heavy atom. The van der Waals surface area contributed by atoms with E-state index in [9.17, 15) is 0 Å². The maximum atomic E-state index is 5.64. The molecule has 1 fully saturated rings. The van der Waals surface area contributed by atoms with Gasteiger partial charge in [-0.05, 0) is 11.8 Å². The van der Waals surface area contributed by atoms with Crippen LogP contribution in [0.2, 0.25) is 12.6 Å². The molecule has 1 atom stereocenters. The first kappa shape index (κ1) is 6.72. The zero-order chi connectivity index (χ0) is 6.91. The van der Waals surface area contributed by atoms with E-state index in [-0.39, 0.29) is 5.41 Å². The van der Waals surface area contributed by atoms with E-state index >= 15 is 0 Å².